The summed E-state index contributed by atoms with van der Waals surface area (Å²) in [7, 11) is 0. The summed E-state index contributed by atoms with van der Waals surface area (Å²) in [6, 6.07) is 12.0. The maximum absolute atomic E-state index is 12.0. The number of ether oxygens (including phenoxy) is 1. The molecule has 0 saturated carbocycles. The highest BCUT2D eigenvalue weighted by molar-refractivity contribution is 5.77. The van der Waals surface area contributed by atoms with Gasteiger partial charge in [-0.05, 0) is 36.4 Å². The van der Waals surface area contributed by atoms with Crippen LogP contribution in [0.4, 0.5) is 30.2 Å². The van der Waals surface area contributed by atoms with Crippen molar-refractivity contribution in [3.05, 3.63) is 48.0 Å². The van der Waals surface area contributed by atoms with Crippen LogP contribution < -0.4 is 15.8 Å². The zero-order valence-corrected chi connectivity index (χ0v) is 10.6. The molecule has 0 spiro atoms. The number of hydrogen-bond acceptors (Lipinski definition) is 4. The topological polar surface area (TPSA) is 71.1 Å². The van der Waals surface area contributed by atoms with Gasteiger partial charge in [-0.25, -0.2) is 0 Å². The average molecular weight is 293 g/mol. The molecule has 0 amide bonds. The summed E-state index contributed by atoms with van der Waals surface area (Å²) in [6.45, 7) is 0. The molecule has 0 unspecified atom stereocenters. The van der Waals surface area contributed by atoms with Gasteiger partial charge in [0.2, 0.25) is 0 Å². The normalized spacial score (nSPS) is 10.8. The molecule has 0 aliphatic carbocycles. The van der Waals surface area contributed by atoms with Crippen molar-refractivity contribution in [2.24, 2.45) is 0 Å². The first-order chi connectivity index (χ1) is 9.89. The minimum atomic E-state index is -4.72. The highest BCUT2D eigenvalue weighted by Gasteiger charge is 2.30. The molecule has 3 N–H and O–H groups in total. The van der Waals surface area contributed by atoms with E-state index in [1.807, 2.05) is 6.07 Å². The van der Waals surface area contributed by atoms with Crippen LogP contribution in [0.2, 0.25) is 0 Å². The van der Waals surface area contributed by atoms with Gasteiger partial charge in [0.1, 0.15) is 11.8 Å². The molecule has 0 radical (unpaired) electrons. The summed E-state index contributed by atoms with van der Waals surface area (Å²) >= 11 is 0. The van der Waals surface area contributed by atoms with Crippen LogP contribution in [0.5, 0.6) is 5.75 Å². The van der Waals surface area contributed by atoms with E-state index in [0.29, 0.717) is 16.9 Å². The Bertz CT molecular complexity index is 675. The Morgan fingerprint density at radius 3 is 2.33 bits per heavy atom. The Kier molecular flexibility index (Phi) is 3.89. The number of halogens is 3. The van der Waals surface area contributed by atoms with Crippen molar-refractivity contribution >= 4 is 17.1 Å². The fourth-order valence-electron chi connectivity index (χ4n) is 1.67. The fraction of sp³-hybridized carbons (Fsp3) is 0.0714. The molecule has 2 aromatic rings. The lowest BCUT2D eigenvalue weighted by Crippen LogP contribution is -2.16. The number of nitrogens with one attached hydrogen (secondary N) is 1. The van der Waals surface area contributed by atoms with Crippen LogP contribution in [0, 0.1) is 11.3 Å². The van der Waals surface area contributed by atoms with Crippen molar-refractivity contribution < 1.29 is 17.9 Å². The van der Waals surface area contributed by atoms with Gasteiger partial charge in [-0.2, -0.15) is 5.26 Å². The molecule has 0 aliphatic heterocycles. The molecule has 0 saturated heterocycles. The van der Waals surface area contributed by atoms with Gasteiger partial charge in [0.25, 0.3) is 0 Å². The lowest BCUT2D eigenvalue weighted by atomic mass is 10.1. The van der Waals surface area contributed by atoms with E-state index in [-0.39, 0.29) is 11.4 Å². The molecule has 108 valence electrons. The summed E-state index contributed by atoms with van der Waals surface area (Å²) in [5.74, 6) is -0.313. The van der Waals surface area contributed by atoms with Gasteiger partial charge >= 0.3 is 6.36 Å². The number of benzene rings is 2. The number of nitrogen functional groups attached to an aromatic ring is 1. The van der Waals surface area contributed by atoms with E-state index in [1.54, 1.807) is 18.2 Å². The molecule has 0 heterocycles. The fourth-order valence-corrected chi connectivity index (χ4v) is 1.67. The molecule has 0 fully saturated rings. The second kappa shape index (κ2) is 5.63. The number of nitriles is 1. The Labute approximate surface area is 118 Å². The van der Waals surface area contributed by atoms with Gasteiger partial charge in [0.05, 0.1) is 16.9 Å². The van der Waals surface area contributed by atoms with E-state index in [4.69, 9.17) is 11.0 Å². The van der Waals surface area contributed by atoms with Crippen molar-refractivity contribution in [1.29, 1.82) is 5.26 Å². The number of rotatable bonds is 3. The lowest BCUT2D eigenvalue weighted by molar-refractivity contribution is -0.274. The van der Waals surface area contributed by atoms with Crippen molar-refractivity contribution in [3.63, 3.8) is 0 Å². The Morgan fingerprint density at radius 1 is 1.10 bits per heavy atom. The summed E-state index contributed by atoms with van der Waals surface area (Å²) < 4.78 is 39.9. The Hall–Kier alpha value is -2.88. The Morgan fingerprint density at radius 2 is 1.76 bits per heavy atom. The standard InChI is InChI=1S/C14H10F3N3O/c15-14(16,17)21-11-6-4-10(5-7-11)20-12-3-1-2-9(8-18)13(12)19/h1-7,20H,19H2. The first-order valence-electron chi connectivity index (χ1n) is 5.80. The van der Waals surface area contributed by atoms with Crippen LogP contribution in [0.3, 0.4) is 0 Å². The summed E-state index contributed by atoms with van der Waals surface area (Å²) in [5.41, 5.74) is 7.41. The molecule has 0 bridgehead atoms. The average Bonchev–Trinajstić information content (AvgIpc) is 2.42. The van der Waals surface area contributed by atoms with E-state index < -0.39 is 6.36 Å². The molecule has 0 atom stereocenters. The number of nitrogens with zero attached hydrogens (tertiary/aromatic N) is 1. The highest BCUT2D eigenvalue weighted by Crippen LogP contribution is 2.28. The van der Waals surface area contributed by atoms with E-state index >= 15 is 0 Å². The highest BCUT2D eigenvalue weighted by atomic mass is 19.4. The van der Waals surface area contributed by atoms with Crippen LogP contribution in [0.1, 0.15) is 5.56 Å². The minimum Gasteiger partial charge on any atom is -0.406 e. The first-order valence-corrected chi connectivity index (χ1v) is 5.80. The van der Waals surface area contributed by atoms with Crippen molar-refractivity contribution in [2.45, 2.75) is 6.36 Å². The number of nitrogens with two attached hydrogens (primary N) is 1. The smallest absolute Gasteiger partial charge is 0.406 e. The van der Waals surface area contributed by atoms with Crippen molar-refractivity contribution in [2.75, 3.05) is 11.1 Å². The van der Waals surface area contributed by atoms with E-state index in [1.165, 1.54) is 24.3 Å². The lowest BCUT2D eigenvalue weighted by Gasteiger charge is -2.12. The number of anilines is 3. The SMILES string of the molecule is N#Cc1cccc(Nc2ccc(OC(F)(F)F)cc2)c1N. The molecule has 2 aromatic carbocycles. The number of para-hydroxylation sites is 1. The van der Waals surface area contributed by atoms with Crippen molar-refractivity contribution in [3.8, 4) is 11.8 Å². The van der Waals surface area contributed by atoms with Gasteiger partial charge in [-0.15, -0.1) is 13.2 Å². The van der Waals surface area contributed by atoms with Crippen LogP contribution in [-0.2, 0) is 0 Å². The summed E-state index contributed by atoms with van der Waals surface area (Å²) in [6.07, 6.45) is -4.72. The minimum absolute atomic E-state index is 0.274. The molecule has 0 aromatic heterocycles. The van der Waals surface area contributed by atoms with E-state index in [9.17, 15) is 13.2 Å². The Balaban J connectivity index is 2.16. The predicted molar refractivity (Wildman–Crippen MR) is 72.0 cm³/mol. The maximum Gasteiger partial charge on any atom is 0.573 e. The number of hydrogen-bond donors (Lipinski definition) is 2. The van der Waals surface area contributed by atoms with Gasteiger partial charge in [-0.3, -0.25) is 0 Å². The third-order valence-electron chi connectivity index (χ3n) is 2.59. The van der Waals surface area contributed by atoms with Crippen LogP contribution in [0.25, 0.3) is 0 Å². The zero-order chi connectivity index (χ0) is 15.5. The molecular formula is C14H10F3N3O. The van der Waals surface area contributed by atoms with Crippen LogP contribution in [-0.4, -0.2) is 6.36 Å². The van der Waals surface area contributed by atoms with Gasteiger partial charge < -0.3 is 15.8 Å². The summed E-state index contributed by atoms with van der Waals surface area (Å²) in [5, 5.41) is 11.8. The predicted octanol–water partition coefficient (Wildman–Crippen LogP) is 3.78. The molecule has 21 heavy (non-hydrogen) atoms. The molecule has 0 aliphatic rings. The second-order valence-electron chi connectivity index (χ2n) is 4.08. The third-order valence-corrected chi connectivity index (χ3v) is 2.59. The van der Waals surface area contributed by atoms with Crippen molar-refractivity contribution in [1.82, 2.24) is 0 Å². The van der Waals surface area contributed by atoms with Gasteiger partial charge in [-0.1, -0.05) is 6.07 Å². The van der Waals surface area contributed by atoms with E-state index in [0.717, 1.165) is 0 Å². The van der Waals surface area contributed by atoms with E-state index in [2.05, 4.69) is 10.1 Å². The largest absolute Gasteiger partial charge is 0.573 e. The monoisotopic (exact) mass is 293 g/mol. The second-order valence-corrected chi connectivity index (χ2v) is 4.08. The van der Waals surface area contributed by atoms with Crippen LogP contribution in [0.15, 0.2) is 42.5 Å². The number of alkyl halides is 3. The van der Waals surface area contributed by atoms with Crippen LogP contribution >= 0.6 is 0 Å². The van der Waals surface area contributed by atoms with Gasteiger partial charge in [0, 0.05) is 5.69 Å². The quantitative estimate of drug-likeness (QED) is 0.845. The maximum atomic E-state index is 12.0. The summed E-state index contributed by atoms with van der Waals surface area (Å²) in [4.78, 5) is 0. The molecule has 2 rings (SSSR count). The molecular weight excluding hydrogens is 283 g/mol. The molecule has 7 heteroatoms. The zero-order valence-electron chi connectivity index (χ0n) is 10.6. The van der Waals surface area contributed by atoms with Gasteiger partial charge in [0.15, 0.2) is 0 Å². The first kappa shape index (κ1) is 14.5. The third kappa shape index (κ3) is 3.79. The molecule has 4 nitrogen and oxygen atoms in total.